The van der Waals surface area contributed by atoms with Crippen molar-refractivity contribution < 1.29 is 0 Å². The topological polar surface area (TPSA) is 27.8 Å². The van der Waals surface area contributed by atoms with Crippen LogP contribution in [0.2, 0.25) is 0 Å². The number of H-pyrrole nitrogens is 1. The number of fused-ring (bicyclic) bond motifs is 3. The SMILES string of the molecule is Brc1ccc(Br)c(C2NCCc3c2[nH]c2ccccc32)c1. The fourth-order valence-electron chi connectivity index (χ4n) is 3.18. The molecule has 2 N–H and O–H groups in total. The van der Waals surface area contributed by atoms with Gasteiger partial charge in [-0.2, -0.15) is 0 Å². The molecule has 1 aromatic heterocycles. The molecule has 0 saturated heterocycles. The Labute approximate surface area is 140 Å². The predicted octanol–water partition coefficient (Wildman–Crippen LogP) is 4.93. The quantitative estimate of drug-likeness (QED) is 0.590. The van der Waals surface area contributed by atoms with Gasteiger partial charge in [0.05, 0.1) is 6.04 Å². The van der Waals surface area contributed by atoms with Gasteiger partial charge in [-0.3, -0.25) is 0 Å². The van der Waals surface area contributed by atoms with Crippen molar-refractivity contribution in [2.24, 2.45) is 0 Å². The molecule has 1 atom stereocenters. The monoisotopic (exact) mass is 404 g/mol. The van der Waals surface area contributed by atoms with E-state index < -0.39 is 0 Å². The van der Waals surface area contributed by atoms with Gasteiger partial charge in [0.1, 0.15) is 0 Å². The van der Waals surface area contributed by atoms with Crippen molar-refractivity contribution in [1.82, 2.24) is 10.3 Å². The summed E-state index contributed by atoms with van der Waals surface area (Å²) in [7, 11) is 0. The summed E-state index contributed by atoms with van der Waals surface area (Å²) in [4.78, 5) is 3.61. The van der Waals surface area contributed by atoms with Gasteiger partial charge in [-0.15, -0.1) is 0 Å². The van der Waals surface area contributed by atoms with E-state index in [4.69, 9.17) is 0 Å². The van der Waals surface area contributed by atoms with Gasteiger partial charge in [0.2, 0.25) is 0 Å². The van der Waals surface area contributed by atoms with Crippen LogP contribution < -0.4 is 5.32 Å². The first-order valence-corrected chi connectivity index (χ1v) is 8.60. The van der Waals surface area contributed by atoms with E-state index in [1.807, 2.05) is 0 Å². The highest BCUT2D eigenvalue weighted by atomic mass is 79.9. The average molecular weight is 406 g/mol. The average Bonchev–Trinajstić information content (AvgIpc) is 2.88. The van der Waals surface area contributed by atoms with E-state index in [-0.39, 0.29) is 6.04 Å². The molecule has 2 nitrogen and oxygen atoms in total. The summed E-state index contributed by atoms with van der Waals surface area (Å²) in [6.45, 7) is 0.998. The molecule has 4 rings (SSSR count). The summed E-state index contributed by atoms with van der Waals surface area (Å²) in [5.41, 5.74) is 5.22. The molecule has 3 aromatic rings. The van der Waals surface area contributed by atoms with Crippen LogP contribution in [0.25, 0.3) is 10.9 Å². The third kappa shape index (κ3) is 2.26. The molecule has 2 heterocycles. The minimum absolute atomic E-state index is 0.202. The van der Waals surface area contributed by atoms with Crippen molar-refractivity contribution in [3.05, 3.63) is 68.2 Å². The Morgan fingerprint density at radius 1 is 1.05 bits per heavy atom. The molecule has 0 aliphatic carbocycles. The zero-order valence-electron chi connectivity index (χ0n) is 11.3. The fraction of sp³-hybridized carbons (Fsp3) is 0.176. The lowest BCUT2D eigenvalue weighted by Gasteiger charge is -2.26. The highest BCUT2D eigenvalue weighted by Gasteiger charge is 2.26. The maximum Gasteiger partial charge on any atom is 0.0743 e. The second kappa shape index (κ2) is 5.27. The van der Waals surface area contributed by atoms with E-state index in [0.717, 1.165) is 21.9 Å². The van der Waals surface area contributed by atoms with E-state index in [0.29, 0.717) is 0 Å². The Hall–Kier alpha value is -1.10. The number of halogens is 2. The van der Waals surface area contributed by atoms with Gasteiger partial charge in [0, 0.05) is 32.1 Å². The molecular weight excluding hydrogens is 392 g/mol. The van der Waals surface area contributed by atoms with Crippen molar-refractivity contribution in [1.29, 1.82) is 0 Å². The van der Waals surface area contributed by atoms with Crippen LogP contribution in [-0.4, -0.2) is 11.5 Å². The smallest absolute Gasteiger partial charge is 0.0743 e. The van der Waals surface area contributed by atoms with E-state index in [2.05, 4.69) is 84.6 Å². The number of rotatable bonds is 1. The summed E-state index contributed by atoms with van der Waals surface area (Å²) in [6, 6.07) is 15.1. The van der Waals surface area contributed by atoms with Crippen LogP contribution in [0, 0.1) is 0 Å². The van der Waals surface area contributed by atoms with Crippen molar-refractivity contribution in [3.63, 3.8) is 0 Å². The highest BCUT2D eigenvalue weighted by molar-refractivity contribution is 9.11. The lowest BCUT2D eigenvalue weighted by Crippen LogP contribution is -2.30. The summed E-state index contributed by atoms with van der Waals surface area (Å²) in [6.07, 6.45) is 1.07. The first-order valence-electron chi connectivity index (χ1n) is 7.02. The van der Waals surface area contributed by atoms with Crippen LogP contribution >= 0.6 is 31.9 Å². The number of aromatic nitrogens is 1. The molecule has 0 bridgehead atoms. The van der Waals surface area contributed by atoms with Crippen LogP contribution in [0.1, 0.15) is 22.9 Å². The number of nitrogens with one attached hydrogen (secondary N) is 2. The Kier molecular flexibility index (Phi) is 3.40. The van der Waals surface area contributed by atoms with Gasteiger partial charge in [-0.25, -0.2) is 0 Å². The van der Waals surface area contributed by atoms with Crippen LogP contribution in [0.3, 0.4) is 0 Å². The van der Waals surface area contributed by atoms with Crippen molar-refractivity contribution in [3.8, 4) is 0 Å². The Morgan fingerprint density at radius 3 is 2.81 bits per heavy atom. The molecule has 1 aliphatic heterocycles. The molecule has 21 heavy (non-hydrogen) atoms. The molecular formula is C17H14Br2N2. The number of hydrogen-bond acceptors (Lipinski definition) is 1. The Morgan fingerprint density at radius 2 is 1.90 bits per heavy atom. The standard InChI is InChI=1S/C17H14Br2N2/c18-10-5-6-14(19)13(9-10)16-17-12(7-8-20-16)11-3-1-2-4-15(11)21-17/h1-6,9,16,20-21H,7-8H2. The lowest BCUT2D eigenvalue weighted by atomic mass is 9.94. The maximum atomic E-state index is 3.69. The van der Waals surface area contributed by atoms with Gasteiger partial charge < -0.3 is 10.3 Å². The van der Waals surface area contributed by atoms with Gasteiger partial charge in [-0.05, 0) is 41.8 Å². The molecule has 0 amide bonds. The van der Waals surface area contributed by atoms with Gasteiger partial charge >= 0.3 is 0 Å². The van der Waals surface area contributed by atoms with Crippen molar-refractivity contribution in [2.75, 3.05) is 6.54 Å². The van der Waals surface area contributed by atoms with E-state index in [9.17, 15) is 0 Å². The predicted molar refractivity (Wildman–Crippen MR) is 93.7 cm³/mol. The largest absolute Gasteiger partial charge is 0.357 e. The minimum atomic E-state index is 0.202. The number of para-hydroxylation sites is 1. The first kappa shape index (κ1) is 13.6. The minimum Gasteiger partial charge on any atom is -0.357 e. The van der Waals surface area contributed by atoms with Gasteiger partial charge in [0.15, 0.2) is 0 Å². The molecule has 0 saturated carbocycles. The summed E-state index contributed by atoms with van der Waals surface area (Å²) >= 11 is 7.27. The molecule has 1 aliphatic rings. The van der Waals surface area contributed by atoms with Gasteiger partial charge in [-0.1, -0.05) is 50.1 Å². The van der Waals surface area contributed by atoms with Gasteiger partial charge in [0.25, 0.3) is 0 Å². The third-order valence-corrected chi connectivity index (χ3v) is 5.34. The lowest BCUT2D eigenvalue weighted by molar-refractivity contribution is 0.558. The van der Waals surface area contributed by atoms with Crippen LogP contribution in [0.5, 0.6) is 0 Å². The molecule has 106 valence electrons. The molecule has 0 radical (unpaired) electrons. The van der Waals surface area contributed by atoms with E-state index >= 15 is 0 Å². The summed E-state index contributed by atoms with van der Waals surface area (Å²) in [5, 5.41) is 4.99. The van der Waals surface area contributed by atoms with Crippen LogP contribution in [0.15, 0.2) is 51.4 Å². The second-order valence-electron chi connectivity index (χ2n) is 5.37. The normalized spacial score (nSPS) is 17.9. The molecule has 0 spiro atoms. The van der Waals surface area contributed by atoms with Crippen molar-refractivity contribution in [2.45, 2.75) is 12.5 Å². The molecule has 4 heteroatoms. The number of benzene rings is 2. The fourth-order valence-corrected chi connectivity index (χ4v) is 4.04. The number of aromatic amines is 1. The first-order chi connectivity index (χ1) is 10.2. The highest BCUT2D eigenvalue weighted by Crippen LogP contribution is 2.36. The number of hydrogen-bond donors (Lipinski definition) is 2. The molecule has 2 aromatic carbocycles. The molecule has 1 unspecified atom stereocenters. The maximum absolute atomic E-state index is 3.69. The van der Waals surface area contributed by atoms with E-state index in [1.165, 1.54) is 27.7 Å². The second-order valence-corrected chi connectivity index (χ2v) is 7.14. The molecule has 0 fully saturated rings. The Bertz CT molecular complexity index is 823. The van der Waals surface area contributed by atoms with E-state index in [1.54, 1.807) is 0 Å². The summed E-state index contributed by atoms with van der Waals surface area (Å²) < 4.78 is 2.24. The third-order valence-electron chi connectivity index (χ3n) is 4.13. The van der Waals surface area contributed by atoms with Crippen molar-refractivity contribution >= 4 is 42.8 Å². The zero-order chi connectivity index (χ0) is 14.4. The summed E-state index contributed by atoms with van der Waals surface area (Å²) in [5.74, 6) is 0. The Balaban J connectivity index is 1.92. The van der Waals surface area contributed by atoms with Crippen LogP contribution in [-0.2, 0) is 6.42 Å². The van der Waals surface area contributed by atoms with Crippen LogP contribution in [0.4, 0.5) is 0 Å². The zero-order valence-corrected chi connectivity index (χ0v) is 14.5.